The third-order valence-electron chi connectivity index (χ3n) is 8.12. The van der Waals surface area contributed by atoms with Crippen LogP contribution < -0.4 is 9.47 Å². The number of fused-ring (bicyclic) bond motifs is 3. The summed E-state index contributed by atoms with van der Waals surface area (Å²) in [6.07, 6.45) is 0.175. The molecule has 0 unspecified atom stereocenters. The fourth-order valence-electron chi connectivity index (χ4n) is 5.86. The Morgan fingerprint density at radius 3 is 2.77 bits per heavy atom. The summed E-state index contributed by atoms with van der Waals surface area (Å²) in [5.41, 5.74) is 5.06. The van der Waals surface area contributed by atoms with Gasteiger partial charge >= 0.3 is 5.97 Å². The highest BCUT2D eigenvalue weighted by Crippen LogP contribution is 2.57. The second-order valence-corrected chi connectivity index (χ2v) is 13.8. The Labute approximate surface area is 260 Å². The number of aliphatic carboxylic acids is 1. The Hall–Kier alpha value is -3.75. The first-order valence-electron chi connectivity index (χ1n) is 14.4. The molecule has 6 rings (SSSR count). The molecule has 44 heavy (non-hydrogen) atoms. The van der Waals surface area contributed by atoms with Crippen molar-refractivity contribution in [1.29, 1.82) is 0 Å². The molecule has 1 aliphatic rings. The van der Waals surface area contributed by atoms with Crippen molar-refractivity contribution in [3.63, 3.8) is 0 Å². The number of ether oxygens (including phenoxy) is 2. The number of pyridine rings is 1. The first-order chi connectivity index (χ1) is 21.1. The summed E-state index contributed by atoms with van der Waals surface area (Å²) < 4.78 is 39.5. The predicted molar refractivity (Wildman–Crippen MR) is 171 cm³/mol. The van der Waals surface area contributed by atoms with Gasteiger partial charge in [-0.3, -0.25) is 13.9 Å². The van der Waals surface area contributed by atoms with Crippen LogP contribution in [0.5, 0.6) is 11.8 Å². The molecule has 1 aliphatic heterocycles. The van der Waals surface area contributed by atoms with Gasteiger partial charge in [-0.1, -0.05) is 24.3 Å². The minimum Gasteiger partial charge on any atom is -0.481 e. The van der Waals surface area contributed by atoms with E-state index in [-0.39, 0.29) is 36.4 Å². The number of nitrogens with zero attached hydrogens (tertiary/aromatic N) is 5. The molecule has 3 N–H and O–H groups in total. The van der Waals surface area contributed by atoms with Crippen LogP contribution in [0, 0.1) is 6.92 Å². The van der Waals surface area contributed by atoms with Crippen molar-refractivity contribution in [3.8, 4) is 11.8 Å². The van der Waals surface area contributed by atoms with Crippen LogP contribution in [0.4, 0.5) is 0 Å². The van der Waals surface area contributed by atoms with Crippen molar-refractivity contribution in [2.24, 2.45) is 7.05 Å². The van der Waals surface area contributed by atoms with Gasteiger partial charge in [0.25, 0.3) is 0 Å². The number of rotatable bonds is 9. The minimum absolute atomic E-state index is 0.118. The molecule has 0 saturated heterocycles. The standard InChI is InChI=1S/C31H35N5O6S2/c1-5-22-17-36(44(39,40)26-9-10-27(41-6-2)32-31(26)42-22)16-21-14-20(13-19-11-12-43-30(19)21)24(15-28(37)38)23-7-8-25-29(18(23)3)33-34-35(25)4/h7-14,22,24,39-40H,5-6,15-17H2,1-4H3,(H,37,38)/t22-,24-/m1/s1. The number of thiophene rings is 1. The van der Waals surface area contributed by atoms with Gasteiger partial charge < -0.3 is 14.6 Å². The molecular weight excluding hydrogens is 603 g/mol. The van der Waals surface area contributed by atoms with Gasteiger partial charge in [-0.25, -0.2) is 4.68 Å². The molecule has 2 atom stereocenters. The zero-order valence-corrected chi connectivity index (χ0v) is 26.6. The number of carboxylic acid groups (broad SMARTS) is 1. The number of hydrogen-bond donors (Lipinski definition) is 3. The lowest BCUT2D eigenvalue weighted by atomic mass is 9.84. The summed E-state index contributed by atoms with van der Waals surface area (Å²) in [7, 11) is -1.67. The molecule has 0 amide bonds. The molecule has 0 fully saturated rings. The van der Waals surface area contributed by atoms with Crippen LogP contribution in [0.25, 0.3) is 21.1 Å². The molecule has 4 heterocycles. The van der Waals surface area contributed by atoms with Crippen LogP contribution in [0.3, 0.4) is 0 Å². The van der Waals surface area contributed by atoms with E-state index >= 15 is 0 Å². The largest absolute Gasteiger partial charge is 0.481 e. The van der Waals surface area contributed by atoms with Gasteiger partial charge in [0.2, 0.25) is 11.8 Å². The van der Waals surface area contributed by atoms with Crippen molar-refractivity contribution in [2.75, 3.05) is 13.2 Å². The van der Waals surface area contributed by atoms with Gasteiger partial charge in [0.05, 0.1) is 25.1 Å². The van der Waals surface area contributed by atoms with Crippen LogP contribution in [0.1, 0.15) is 54.9 Å². The first-order valence-corrected chi connectivity index (χ1v) is 16.8. The lowest BCUT2D eigenvalue weighted by Gasteiger charge is -2.41. The van der Waals surface area contributed by atoms with Crippen LogP contribution in [-0.2, 0) is 18.4 Å². The lowest BCUT2D eigenvalue weighted by molar-refractivity contribution is -0.137. The Balaban J connectivity index is 1.44. The first kappa shape index (κ1) is 30.3. The SMILES string of the molecule is CCOc1ccc2c(n1)O[C@H](CC)CN(Cc1cc([C@@H](CC(=O)O)c3ccc4c(nnn4C)c3C)cc3ccsc13)S2(O)O. The molecule has 3 aromatic heterocycles. The summed E-state index contributed by atoms with van der Waals surface area (Å²) in [6, 6.07) is 13.2. The van der Waals surface area contributed by atoms with E-state index in [1.165, 1.54) is 0 Å². The van der Waals surface area contributed by atoms with Gasteiger partial charge in [0.1, 0.15) is 16.5 Å². The van der Waals surface area contributed by atoms with Gasteiger partial charge in [0.15, 0.2) is 0 Å². The predicted octanol–water partition coefficient (Wildman–Crippen LogP) is 6.59. The smallest absolute Gasteiger partial charge is 0.304 e. The van der Waals surface area contributed by atoms with Crippen LogP contribution >= 0.6 is 22.1 Å². The Morgan fingerprint density at radius 2 is 2.02 bits per heavy atom. The molecule has 0 aliphatic carbocycles. The number of aromatic nitrogens is 4. The molecule has 0 radical (unpaired) electrons. The van der Waals surface area contributed by atoms with E-state index in [0.29, 0.717) is 18.9 Å². The van der Waals surface area contributed by atoms with Crippen LogP contribution in [-0.4, -0.2) is 63.7 Å². The zero-order valence-electron chi connectivity index (χ0n) is 24.9. The molecule has 0 spiro atoms. The number of carboxylic acids is 1. The van der Waals surface area contributed by atoms with Crippen molar-refractivity contribution in [2.45, 2.75) is 57.1 Å². The molecule has 0 saturated carbocycles. The van der Waals surface area contributed by atoms with E-state index in [1.807, 2.05) is 63.5 Å². The average molecular weight is 638 g/mol. The van der Waals surface area contributed by atoms with E-state index in [2.05, 4.69) is 15.3 Å². The Bertz CT molecular complexity index is 1850. The highest BCUT2D eigenvalue weighted by Gasteiger charge is 2.36. The molecule has 5 aromatic rings. The zero-order chi connectivity index (χ0) is 31.2. The second kappa shape index (κ2) is 12.0. The normalized spacial score (nSPS) is 18.0. The maximum absolute atomic E-state index is 12.2. The number of benzene rings is 2. The van der Waals surface area contributed by atoms with Crippen molar-refractivity contribution < 1.29 is 28.5 Å². The Morgan fingerprint density at radius 1 is 1.20 bits per heavy atom. The fraction of sp³-hybridized carbons (Fsp3) is 0.355. The van der Waals surface area contributed by atoms with Gasteiger partial charge in [-0.2, -0.15) is 9.29 Å². The second-order valence-electron chi connectivity index (χ2n) is 10.9. The maximum Gasteiger partial charge on any atom is 0.304 e. The van der Waals surface area contributed by atoms with Crippen LogP contribution in [0.15, 0.2) is 52.7 Å². The van der Waals surface area contributed by atoms with E-state index in [4.69, 9.17) is 9.47 Å². The summed E-state index contributed by atoms with van der Waals surface area (Å²) in [5, 5.41) is 21.4. The van der Waals surface area contributed by atoms with Crippen molar-refractivity contribution >= 4 is 49.2 Å². The number of hydrogen-bond acceptors (Lipinski definition) is 10. The highest BCUT2D eigenvalue weighted by molar-refractivity contribution is 8.22. The highest BCUT2D eigenvalue weighted by atomic mass is 32.3. The topological polar surface area (TPSA) is 143 Å². The van der Waals surface area contributed by atoms with Gasteiger partial charge in [-0.05, 0) is 77.6 Å². The molecule has 11 nitrogen and oxygen atoms in total. The molecule has 0 bridgehead atoms. The molecular formula is C31H35N5O6S2. The van der Waals surface area contributed by atoms with Gasteiger partial charge in [0, 0.05) is 30.3 Å². The Kier molecular flexibility index (Phi) is 8.24. The molecule has 13 heteroatoms. The van der Waals surface area contributed by atoms with E-state index < -0.39 is 22.7 Å². The lowest BCUT2D eigenvalue weighted by Crippen LogP contribution is -2.34. The fourth-order valence-corrected chi connectivity index (χ4v) is 8.30. The van der Waals surface area contributed by atoms with E-state index in [0.717, 1.165) is 43.4 Å². The van der Waals surface area contributed by atoms with E-state index in [1.54, 1.807) is 32.5 Å². The summed E-state index contributed by atoms with van der Waals surface area (Å²) in [6.45, 7) is 6.68. The minimum atomic E-state index is -3.49. The maximum atomic E-state index is 12.2. The van der Waals surface area contributed by atoms with Crippen molar-refractivity contribution in [1.82, 2.24) is 24.3 Å². The molecule has 2 aromatic carbocycles. The van der Waals surface area contributed by atoms with Crippen molar-refractivity contribution in [3.05, 3.63) is 70.1 Å². The third-order valence-corrected chi connectivity index (χ3v) is 11.0. The monoisotopic (exact) mass is 637 g/mol. The average Bonchev–Trinajstić information content (AvgIpc) is 3.60. The summed E-state index contributed by atoms with van der Waals surface area (Å²) in [4.78, 5) is 16.8. The molecule has 232 valence electrons. The third kappa shape index (κ3) is 5.50. The number of carbonyl (C=O) groups is 1. The van der Waals surface area contributed by atoms with E-state index in [9.17, 15) is 19.0 Å². The number of aryl methyl sites for hydroxylation is 2. The quantitative estimate of drug-likeness (QED) is 0.162. The van der Waals surface area contributed by atoms with Crippen LogP contribution in [0.2, 0.25) is 0 Å². The summed E-state index contributed by atoms with van der Waals surface area (Å²) >= 11 is 1.57. The summed E-state index contributed by atoms with van der Waals surface area (Å²) in [5.74, 6) is -0.852. The van der Waals surface area contributed by atoms with Gasteiger partial charge in [-0.15, -0.1) is 27.2 Å².